The van der Waals surface area contributed by atoms with Gasteiger partial charge >= 0.3 is 0 Å². The minimum Gasteiger partial charge on any atom is -0.377 e. The zero-order valence-corrected chi connectivity index (χ0v) is 15.1. The van der Waals surface area contributed by atoms with Crippen molar-refractivity contribution in [3.8, 4) is 0 Å². The van der Waals surface area contributed by atoms with E-state index < -0.39 is 0 Å². The van der Waals surface area contributed by atoms with Crippen LogP contribution in [-0.4, -0.2) is 77.0 Å². The van der Waals surface area contributed by atoms with E-state index in [1.165, 1.54) is 33.9 Å². The first kappa shape index (κ1) is 16.3. The minimum absolute atomic E-state index is 1.24. The topological polar surface area (TPSA) is 12.5 Å². The number of hydrogen-bond donors (Lipinski definition) is 0. The van der Waals surface area contributed by atoms with Gasteiger partial charge in [0, 0.05) is 40.3 Å². The second kappa shape index (κ2) is 5.95. The molecular weight excluding hydrogens is 272 g/mol. The van der Waals surface area contributed by atoms with Gasteiger partial charge in [0.25, 0.3) is 0 Å². The lowest BCUT2D eigenvalue weighted by Crippen LogP contribution is -2.29. The van der Waals surface area contributed by atoms with Crippen LogP contribution in [0.15, 0.2) is 24.3 Å². The molecule has 1 aromatic carbocycles. The third-order valence-electron chi connectivity index (χ3n) is 4.00. The molecule has 1 aromatic rings. The largest absolute Gasteiger partial charge is 0.377 e. The highest BCUT2D eigenvalue weighted by atomic mass is 15.1. The maximum atomic E-state index is 2.21. The fourth-order valence-corrected chi connectivity index (χ4v) is 2.91. The fraction of sp³-hybridized carbons (Fsp3) is 0.444. The number of benzene rings is 1. The SMILES string of the molecule is CN(C)c1ccc(N(C)C)c2c1C(=[N+](C)C)C=CC2=[N+](C)C. The summed E-state index contributed by atoms with van der Waals surface area (Å²) < 4.78 is 4.38. The third-order valence-corrected chi connectivity index (χ3v) is 4.00. The molecule has 2 rings (SSSR count). The lowest BCUT2D eigenvalue weighted by Gasteiger charge is -2.25. The molecule has 0 bridgehead atoms. The van der Waals surface area contributed by atoms with E-state index in [2.05, 4.69) is 99.6 Å². The van der Waals surface area contributed by atoms with E-state index >= 15 is 0 Å². The van der Waals surface area contributed by atoms with E-state index in [4.69, 9.17) is 0 Å². The highest BCUT2D eigenvalue weighted by Crippen LogP contribution is 2.34. The Morgan fingerprint density at radius 1 is 0.636 bits per heavy atom. The van der Waals surface area contributed by atoms with Crippen molar-refractivity contribution in [2.75, 3.05) is 66.2 Å². The summed E-state index contributed by atoms with van der Waals surface area (Å²) in [6.45, 7) is 0. The highest BCUT2D eigenvalue weighted by Gasteiger charge is 2.31. The average molecular weight is 300 g/mol. The molecule has 4 nitrogen and oxygen atoms in total. The standard InChI is InChI=1S/C18H28N4/c1-19(2)13-9-10-15(21(5)6)18-16(22(7)8)12-11-14(17(13)18)20(3)4/h9-12H,1-8H3/q+2. The monoisotopic (exact) mass is 300 g/mol. The van der Waals surface area contributed by atoms with E-state index in [9.17, 15) is 0 Å². The van der Waals surface area contributed by atoms with Gasteiger partial charge in [0.15, 0.2) is 0 Å². The van der Waals surface area contributed by atoms with E-state index in [1.807, 2.05) is 0 Å². The second-order valence-electron chi connectivity index (χ2n) is 6.54. The van der Waals surface area contributed by atoms with Gasteiger partial charge in [-0.1, -0.05) is 0 Å². The summed E-state index contributed by atoms with van der Waals surface area (Å²) in [5, 5.41) is 0. The third kappa shape index (κ3) is 2.65. The van der Waals surface area contributed by atoms with Crippen molar-refractivity contribution in [2.24, 2.45) is 0 Å². The summed E-state index contributed by atoms with van der Waals surface area (Å²) in [7, 11) is 16.8. The van der Waals surface area contributed by atoms with Crippen molar-refractivity contribution < 1.29 is 9.15 Å². The summed E-state index contributed by atoms with van der Waals surface area (Å²) >= 11 is 0. The van der Waals surface area contributed by atoms with E-state index in [1.54, 1.807) is 0 Å². The van der Waals surface area contributed by atoms with E-state index in [-0.39, 0.29) is 0 Å². The molecule has 0 heterocycles. The van der Waals surface area contributed by atoms with Gasteiger partial charge < -0.3 is 9.80 Å². The molecular formula is C18H28N4+2. The second-order valence-corrected chi connectivity index (χ2v) is 6.54. The van der Waals surface area contributed by atoms with Crippen molar-refractivity contribution in [3.63, 3.8) is 0 Å². The Hall–Kier alpha value is -2.10. The summed E-state index contributed by atoms with van der Waals surface area (Å²) in [4.78, 5) is 4.38. The molecule has 0 unspecified atom stereocenters. The van der Waals surface area contributed by atoms with Gasteiger partial charge in [-0.2, -0.15) is 0 Å². The van der Waals surface area contributed by atoms with Crippen molar-refractivity contribution >= 4 is 22.8 Å². The summed E-state index contributed by atoms with van der Waals surface area (Å²) in [6.07, 6.45) is 4.42. The molecule has 0 saturated carbocycles. The maximum absolute atomic E-state index is 2.21. The van der Waals surface area contributed by atoms with Crippen molar-refractivity contribution in [3.05, 3.63) is 35.4 Å². The lowest BCUT2D eigenvalue weighted by molar-refractivity contribution is -0.464. The van der Waals surface area contributed by atoms with Gasteiger partial charge in [-0.15, -0.1) is 0 Å². The van der Waals surface area contributed by atoms with Crippen molar-refractivity contribution in [2.45, 2.75) is 0 Å². The molecule has 1 aliphatic carbocycles. The fourth-order valence-electron chi connectivity index (χ4n) is 2.91. The Balaban J connectivity index is 2.98. The van der Waals surface area contributed by atoms with Crippen LogP contribution in [0.25, 0.3) is 0 Å². The van der Waals surface area contributed by atoms with Crippen LogP contribution >= 0.6 is 0 Å². The van der Waals surface area contributed by atoms with Crippen LogP contribution in [0.4, 0.5) is 11.4 Å². The predicted molar refractivity (Wildman–Crippen MR) is 96.7 cm³/mol. The van der Waals surface area contributed by atoms with Crippen LogP contribution in [0.3, 0.4) is 0 Å². The van der Waals surface area contributed by atoms with Crippen LogP contribution in [-0.2, 0) is 0 Å². The van der Waals surface area contributed by atoms with Crippen LogP contribution in [0.2, 0.25) is 0 Å². The Bertz CT molecular complexity index is 624. The van der Waals surface area contributed by atoms with Crippen molar-refractivity contribution in [1.29, 1.82) is 0 Å². The first-order valence-electron chi connectivity index (χ1n) is 7.54. The zero-order chi connectivity index (χ0) is 16.6. The molecule has 22 heavy (non-hydrogen) atoms. The smallest absolute Gasteiger partial charge is 0.210 e. The Labute approximate surface area is 134 Å². The number of allylic oxidation sites excluding steroid dienone is 2. The summed E-state index contributed by atoms with van der Waals surface area (Å²) in [5.74, 6) is 0. The Kier molecular flexibility index (Phi) is 4.40. The Morgan fingerprint density at radius 2 is 0.955 bits per heavy atom. The first-order chi connectivity index (χ1) is 10.3. The Morgan fingerprint density at radius 3 is 1.18 bits per heavy atom. The number of fused-ring (bicyclic) bond motifs is 1. The van der Waals surface area contributed by atoms with Gasteiger partial charge in [0.05, 0.1) is 22.5 Å². The maximum Gasteiger partial charge on any atom is 0.210 e. The molecule has 0 atom stereocenters. The lowest BCUT2D eigenvalue weighted by atomic mass is 9.89. The molecule has 1 aliphatic rings. The average Bonchev–Trinajstić information content (AvgIpc) is 2.43. The van der Waals surface area contributed by atoms with E-state index in [0.717, 1.165) is 0 Å². The molecule has 0 fully saturated rings. The number of rotatable bonds is 2. The number of hydrogen-bond acceptors (Lipinski definition) is 2. The molecule has 0 N–H and O–H groups in total. The molecule has 0 saturated heterocycles. The van der Waals surface area contributed by atoms with Gasteiger partial charge in [-0.05, 0) is 12.1 Å². The molecule has 0 aromatic heterocycles. The number of anilines is 2. The number of nitrogens with zero attached hydrogens (tertiary/aromatic N) is 4. The molecule has 0 spiro atoms. The quantitative estimate of drug-likeness (QED) is 0.768. The van der Waals surface area contributed by atoms with Crippen LogP contribution in [0, 0.1) is 0 Å². The molecule has 0 aliphatic heterocycles. The summed E-state index contributed by atoms with van der Waals surface area (Å²) in [5.41, 5.74) is 7.57. The summed E-state index contributed by atoms with van der Waals surface area (Å²) in [6, 6.07) is 4.42. The predicted octanol–water partition coefficient (Wildman–Crippen LogP) is 1.51. The molecule has 0 amide bonds. The van der Waals surface area contributed by atoms with Crippen LogP contribution < -0.4 is 9.80 Å². The molecule has 0 radical (unpaired) electrons. The first-order valence-corrected chi connectivity index (χ1v) is 7.54. The van der Waals surface area contributed by atoms with Gasteiger partial charge in [0.1, 0.15) is 28.2 Å². The van der Waals surface area contributed by atoms with Crippen molar-refractivity contribution in [1.82, 2.24) is 0 Å². The molecule has 4 heteroatoms. The molecule has 118 valence electrons. The highest BCUT2D eigenvalue weighted by molar-refractivity contribution is 6.27. The minimum atomic E-state index is 1.24. The van der Waals surface area contributed by atoms with Crippen LogP contribution in [0.1, 0.15) is 11.1 Å². The van der Waals surface area contributed by atoms with E-state index in [0.29, 0.717) is 0 Å². The van der Waals surface area contributed by atoms with Gasteiger partial charge in [-0.25, -0.2) is 9.15 Å². The van der Waals surface area contributed by atoms with Gasteiger partial charge in [-0.3, -0.25) is 0 Å². The van der Waals surface area contributed by atoms with Gasteiger partial charge in [0.2, 0.25) is 11.4 Å². The normalized spacial score (nSPS) is 13.1. The van der Waals surface area contributed by atoms with Crippen LogP contribution in [0.5, 0.6) is 0 Å². The zero-order valence-electron chi connectivity index (χ0n) is 15.1.